The Morgan fingerprint density at radius 2 is 1.96 bits per heavy atom. The van der Waals surface area contributed by atoms with E-state index in [-0.39, 0.29) is 17.9 Å². The van der Waals surface area contributed by atoms with Crippen molar-refractivity contribution in [1.29, 1.82) is 0 Å². The fourth-order valence-corrected chi connectivity index (χ4v) is 2.74. The highest BCUT2D eigenvalue weighted by Gasteiger charge is 2.08. The zero-order valence-electron chi connectivity index (χ0n) is 13.2. The first-order valence-corrected chi connectivity index (χ1v) is 8.08. The molecule has 2 aromatic carbocycles. The number of pyridine rings is 1. The normalized spacial score (nSPS) is 10.8. The number of aromatic amines is 1. The topological polar surface area (TPSA) is 62.0 Å². The Hall–Kier alpha value is -2.59. The van der Waals surface area contributed by atoms with E-state index in [1.54, 1.807) is 12.1 Å². The smallest absolute Gasteiger partial charge is 0.251 e. The van der Waals surface area contributed by atoms with Crippen molar-refractivity contribution >= 4 is 34.1 Å². The van der Waals surface area contributed by atoms with E-state index in [0.29, 0.717) is 22.7 Å². The van der Waals surface area contributed by atoms with Crippen molar-refractivity contribution < 1.29 is 4.79 Å². The van der Waals surface area contributed by atoms with Crippen molar-refractivity contribution in [2.24, 2.45) is 0 Å². The molecule has 122 valence electrons. The molecule has 24 heavy (non-hydrogen) atoms. The molecule has 1 amide bonds. The van der Waals surface area contributed by atoms with Crippen LogP contribution in [0.4, 0.5) is 5.69 Å². The van der Waals surface area contributed by atoms with Crippen LogP contribution in [0.15, 0.2) is 53.3 Å². The van der Waals surface area contributed by atoms with Gasteiger partial charge in [0.05, 0.1) is 0 Å². The fourth-order valence-electron chi connectivity index (χ4n) is 2.57. The molecular formula is C19H17ClN2O2. The maximum atomic E-state index is 12.2. The van der Waals surface area contributed by atoms with Crippen molar-refractivity contribution in [2.45, 2.75) is 19.8 Å². The van der Waals surface area contributed by atoms with Gasteiger partial charge in [-0.25, -0.2) is 0 Å². The predicted molar refractivity (Wildman–Crippen MR) is 97.7 cm³/mol. The van der Waals surface area contributed by atoms with Crippen LogP contribution >= 0.6 is 11.6 Å². The van der Waals surface area contributed by atoms with E-state index in [1.165, 1.54) is 0 Å². The second-order valence-electron chi connectivity index (χ2n) is 5.72. The highest BCUT2D eigenvalue weighted by Crippen LogP contribution is 2.20. The standard InChI is InChI=1S/C19H17ClN2O2/c1-12-6-8-15(20)11-17(12)21-18(23)9-7-14-10-13-4-2-3-5-16(13)22-19(14)24/h2-6,8,10-11H,7,9H2,1H3,(H,21,23)(H,22,24). The third kappa shape index (κ3) is 3.66. The third-order valence-electron chi connectivity index (χ3n) is 3.93. The van der Waals surface area contributed by atoms with Crippen LogP contribution in [-0.2, 0) is 11.2 Å². The number of para-hydroxylation sites is 1. The van der Waals surface area contributed by atoms with Crippen LogP contribution in [0.3, 0.4) is 0 Å². The summed E-state index contributed by atoms with van der Waals surface area (Å²) in [7, 11) is 0. The van der Waals surface area contributed by atoms with Gasteiger partial charge in [-0.15, -0.1) is 0 Å². The number of carbonyl (C=O) groups is 1. The van der Waals surface area contributed by atoms with Gasteiger partial charge in [0.1, 0.15) is 0 Å². The molecule has 0 aliphatic rings. The van der Waals surface area contributed by atoms with Crippen LogP contribution < -0.4 is 10.9 Å². The zero-order valence-corrected chi connectivity index (χ0v) is 14.0. The Labute approximate surface area is 144 Å². The average Bonchev–Trinajstić information content (AvgIpc) is 2.56. The molecule has 0 bridgehead atoms. The zero-order chi connectivity index (χ0) is 17.1. The number of H-pyrrole nitrogens is 1. The molecule has 0 aliphatic heterocycles. The van der Waals surface area contributed by atoms with E-state index in [9.17, 15) is 9.59 Å². The van der Waals surface area contributed by atoms with E-state index in [4.69, 9.17) is 11.6 Å². The number of hydrogen-bond donors (Lipinski definition) is 2. The molecule has 0 saturated heterocycles. The first-order chi connectivity index (χ1) is 11.5. The minimum Gasteiger partial charge on any atom is -0.326 e. The van der Waals surface area contributed by atoms with E-state index in [0.717, 1.165) is 16.5 Å². The number of halogens is 1. The van der Waals surface area contributed by atoms with Gasteiger partial charge >= 0.3 is 0 Å². The van der Waals surface area contributed by atoms with Crippen LogP contribution in [0.5, 0.6) is 0 Å². The SMILES string of the molecule is Cc1ccc(Cl)cc1NC(=O)CCc1cc2ccccc2[nH]c1=O. The lowest BCUT2D eigenvalue weighted by Gasteiger charge is -2.09. The molecule has 0 atom stereocenters. The number of aryl methyl sites for hydroxylation is 2. The van der Waals surface area contributed by atoms with Crippen molar-refractivity contribution in [2.75, 3.05) is 5.32 Å². The van der Waals surface area contributed by atoms with E-state index in [2.05, 4.69) is 10.3 Å². The van der Waals surface area contributed by atoms with E-state index >= 15 is 0 Å². The van der Waals surface area contributed by atoms with E-state index in [1.807, 2.05) is 43.3 Å². The van der Waals surface area contributed by atoms with Crippen molar-refractivity contribution in [3.63, 3.8) is 0 Å². The third-order valence-corrected chi connectivity index (χ3v) is 4.16. The summed E-state index contributed by atoms with van der Waals surface area (Å²) >= 11 is 5.95. The molecule has 3 aromatic rings. The molecular weight excluding hydrogens is 324 g/mol. The first-order valence-electron chi connectivity index (χ1n) is 7.70. The van der Waals surface area contributed by atoms with Gasteiger partial charge in [0.2, 0.25) is 5.91 Å². The number of hydrogen-bond acceptors (Lipinski definition) is 2. The largest absolute Gasteiger partial charge is 0.326 e. The summed E-state index contributed by atoms with van der Waals surface area (Å²) in [6.45, 7) is 1.90. The Bertz CT molecular complexity index is 963. The minimum absolute atomic E-state index is 0.145. The molecule has 4 nitrogen and oxygen atoms in total. The summed E-state index contributed by atoms with van der Waals surface area (Å²) in [5.41, 5.74) is 2.88. The quantitative estimate of drug-likeness (QED) is 0.752. The lowest BCUT2D eigenvalue weighted by atomic mass is 10.1. The molecule has 0 unspecified atom stereocenters. The predicted octanol–water partition coefficient (Wildman–Crippen LogP) is 4.06. The summed E-state index contributed by atoms with van der Waals surface area (Å²) in [5.74, 6) is -0.145. The van der Waals surface area contributed by atoms with Crippen LogP contribution in [0.25, 0.3) is 10.9 Å². The summed E-state index contributed by atoms with van der Waals surface area (Å²) in [6.07, 6.45) is 0.610. The maximum absolute atomic E-state index is 12.2. The molecule has 0 fully saturated rings. The minimum atomic E-state index is -0.152. The Morgan fingerprint density at radius 3 is 2.79 bits per heavy atom. The second kappa shape index (κ2) is 6.89. The van der Waals surface area contributed by atoms with Gasteiger partial charge in [-0.3, -0.25) is 9.59 Å². The van der Waals surface area contributed by atoms with E-state index < -0.39 is 0 Å². The highest BCUT2D eigenvalue weighted by molar-refractivity contribution is 6.31. The van der Waals surface area contributed by atoms with Crippen molar-refractivity contribution in [3.8, 4) is 0 Å². The lowest BCUT2D eigenvalue weighted by molar-refractivity contribution is -0.116. The van der Waals surface area contributed by atoms with Crippen molar-refractivity contribution in [3.05, 3.63) is 75.0 Å². The van der Waals surface area contributed by atoms with Crippen LogP contribution in [0.2, 0.25) is 5.02 Å². The molecule has 0 saturated carbocycles. The Balaban J connectivity index is 1.71. The number of anilines is 1. The number of rotatable bonds is 4. The number of fused-ring (bicyclic) bond motifs is 1. The van der Waals surface area contributed by atoms with Gasteiger partial charge in [-0.2, -0.15) is 0 Å². The summed E-state index contributed by atoms with van der Waals surface area (Å²) in [6, 6.07) is 14.8. The second-order valence-corrected chi connectivity index (χ2v) is 6.15. The van der Waals surface area contributed by atoms with Gasteiger partial charge in [0, 0.05) is 28.2 Å². The fraction of sp³-hybridized carbons (Fsp3) is 0.158. The Kier molecular flexibility index (Phi) is 4.67. The number of carbonyl (C=O) groups excluding carboxylic acids is 1. The lowest BCUT2D eigenvalue weighted by Crippen LogP contribution is -2.17. The molecule has 1 aromatic heterocycles. The average molecular weight is 341 g/mol. The monoisotopic (exact) mass is 340 g/mol. The van der Waals surface area contributed by atoms with Gasteiger partial charge < -0.3 is 10.3 Å². The molecule has 3 rings (SSSR count). The van der Waals surface area contributed by atoms with Crippen LogP contribution in [0, 0.1) is 6.92 Å². The highest BCUT2D eigenvalue weighted by atomic mass is 35.5. The van der Waals surface area contributed by atoms with Gasteiger partial charge in [-0.1, -0.05) is 35.9 Å². The molecule has 0 spiro atoms. The maximum Gasteiger partial charge on any atom is 0.251 e. The molecule has 0 radical (unpaired) electrons. The van der Waals surface area contributed by atoms with Gasteiger partial charge in [0.15, 0.2) is 0 Å². The first kappa shape index (κ1) is 16.3. The molecule has 1 heterocycles. The van der Waals surface area contributed by atoms with Crippen LogP contribution in [0.1, 0.15) is 17.5 Å². The Morgan fingerprint density at radius 1 is 1.17 bits per heavy atom. The molecule has 2 N–H and O–H groups in total. The van der Waals surface area contributed by atoms with Gasteiger partial charge in [0.25, 0.3) is 5.56 Å². The number of aromatic nitrogens is 1. The van der Waals surface area contributed by atoms with Crippen LogP contribution in [-0.4, -0.2) is 10.9 Å². The van der Waals surface area contributed by atoms with Crippen molar-refractivity contribution in [1.82, 2.24) is 4.98 Å². The molecule has 5 heteroatoms. The summed E-state index contributed by atoms with van der Waals surface area (Å²) in [4.78, 5) is 27.1. The number of nitrogens with one attached hydrogen (secondary N) is 2. The summed E-state index contributed by atoms with van der Waals surface area (Å²) in [5, 5.41) is 4.37. The van der Waals surface area contributed by atoms with Gasteiger partial charge in [-0.05, 0) is 48.6 Å². The number of benzene rings is 2. The molecule has 0 aliphatic carbocycles. The summed E-state index contributed by atoms with van der Waals surface area (Å²) < 4.78 is 0. The number of amides is 1.